The maximum absolute atomic E-state index is 12.2. The molecule has 2 rings (SSSR count). The minimum Gasteiger partial charge on any atom is -0.333 e. The van der Waals surface area contributed by atoms with Crippen LogP contribution in [0.2, 0.25) is 0 Å². The normalized spacial score (nSPS) is 19.1. The topological polar surface area (TPSA) is 57.0 Å². The standard InChI is InChI=1S/C12H12BrN3O/c13-6-10-2-1-5-16(10)12(17)11-4-3-9(7-14)8-15-11/h3-4,8,10H,1-2,5-6H2. The number of nitriles is 1. The van der Waals surface area contributed by atoms with Crippen LogP contribution in [0.25, 0.3) is 0 Å². The fourth-order valence-corrected chi connectivity index (χ4v) is 2.67. The number of hydrogen-bond donors (Lipinski definition) is 0. The monoisotopic (exact) mass is 293 g/mol. The third-order valence-electron chi connectivity index (χ3n) is 2.93. The van der Waals surface area contributed by atoms with Gasteiger partial charge in [-0.15, -0.1) is 0 Å². The second-order valence-electron chi connectivity index (χ2n) is 3.99. The van der Waals surface area contributed by atoms with Gasteiger partial charge in [-0.05, 0) is 25.0 Å². The van der Waals surface area contributed by atoms with Crippen molar-refractivity contribution < 1.29 is 4.79 Å². The Morgan fingerprint density at radius 2 is 2.47 bits per heavy atom. The first-order valence-corrected chi connectivity index (χ1v) is 6.61. The molecule has 17 heavy (non-hydrogen) atoms. The summed E-state index contributed by atoms with van der Waals surface area (Å²) in [6.45, 7) is 0.788. The predicted molar refractivity (Wildman–Crippen MR) is 66.8 cm³/mol. The van der Waals surface area contributed by atoms with Crippen molar-refractivity contribution in [3.8, 4) is 6.07 Å². The largest absolute Gasteiger partial charge is 0.333 e. The number of aromatic nitrogens is 1. The molecule has 0 radical (unpaired) electrons. The van der Waals surface area contributed by atoms with Crippen molar-refractivity contribution >= 4 is 21.8 Å². The quantitative estimate of drug-likeness (QED) is 0.783. The summed E-state index contributed by atoms with van der Waals surface area (Å²) in [5.74, 6) is -0.0450. The molecule has 1 atom stereocenters. The van der Waals surface area contributed by atoms with Gasteiger partial charge in [0.15, 0.2) is 0 Å². The van der Waals surface area contributed by atoms with Gasteiger partial charge in [0.25, 0.3) is 5.91 Å². The Morgan fingerprint density at radius 3 is 3.06 bits per heavy atom. The molecule has 0 saturated carbocycles. The molecule has 0 aliphatic carbocycles. The zero-order chi connectivity index (χ0) is 12.3. The zero-order valence-corrected chi connectivity index (χ0v) is 10.9. The van der Waals surface area contributed by atoms with Crippen molar-refractivity contribution in [2.24, 2.45) is 0 Å². The van der Waals surface area contributed by atoms with E-state index >= 15 is 0 Å². The van der Waals surface area contributed by atoms with Gasteiger partial charge in [0.1, 0.15) is 11.8 Å². The van der Waals surface area contributed by atoms with Crippen LogP contribution in [0, 0.1) is 11.3 Å². The number of nitrogens with zero attached hydrogens (tertiary/aromatic N) is 3. The molecule has 1 aliphatic rings. The highest BCUT2D eigenvalue weighted by molar-refractivity contribution is 9.09. The number of alkyl halides is 1. The number of amides is 1. The first-order chi connectivity index (χ1) is 8.26. The van der Waals surface area contributed by atoms with E-state index in [1.165, 1.54) is 6.20 Å². The van der Waals surface area contributed by atoms with Gasteiger partial charge in [0.2, 0.25) is 0 Å². The maximum atomic E-state index is 12.2. The Kier molecular flexibility index (Phi) is 3.75. The highest BCUT2D eigenvalue weighted by atomic mass is 79.9. The summed E-state index contributed by atoms with van der Waals surface area (Å²) < 4.78 is 0. The highest BCUT2D eigenvalue weighted by Crippen LogP contribution is 2.20. The zero-order valence-electron chi connectivity index (χ0n) is 9.27. The van der Waals surface area contributed by atoms with Crippen LogP contribution in [0.4, 0.5) is 0 Å². The molecule has 1 saturated heterocycles. The smallest absolute Gasteiger partial charge is 0.272 e. The molecule has 2 heterocycles. The Labute approximate surface area is 108 Å². The van der Waals surface area contributed by atoms with E-state index in [-0.39, 0.29) is 11.9 Å². The van der Waals surface area contributed by atoms with Crippen LogP contribution in [0.1, 0.15) is 28.9 Å². The molecule has 1 aromatic heterocycles. The third kappa shape index (κ3) is 2.47. The molecule has 4 nitrogen and oxygen atoms in total. The van der Waals surface area contributed by atoms with E-state index in [4.69, 9.17) is 5.26 Å². The molecule has 5 heteroatoms. The van der Waals surface area contributed by atoms with E-state index < -0.39 is 0 Å². The summed E-state index contributed by atoms with van der Waals surface area (Å²) in [4.78, 5) is 18.1. The fourth-order valence-electron chi connectivity index (χ4n) is 2.00. The van der Waals surface area contributed by atoms with Crippen molar-refractivity contribution in [2.45, 2.75) is 18.9 Å². The molecular formula is C12H12BrN3O. The Morgan fingerprint density at radius 1 is 1.65 bits per heavy atom. The minimum absolute atomic E-state index is 0.0450. The SMILES string of the molecule is N#Cc1ccc(C(=O)N2CCCC2CBr)nc1. The number of carbonyl (C=O) groups excluding carboxylic acids is 1. The summed E-state index contributed by atoms with van der Waals surface area (Å²) >= 11 is 3.42. The van der Waals surface area contributed by atoms with Gasteiger partial charge >= 0.3 is 0 Å². The summed E-state index contributed by atoms with van der Waals surface area (Å²) in [5.41, 5.74) is 0.886. The highest BCUT2D eigenvalue weighted by Gasteiger charge is 2.28. The summed E-state index contributed by atoms with van der Waals surface area (Å²) in [6, 6.07) is 5.49. The van der Waals surface area contributed by atoms with E-state index in [0.29, 0.717) is 11.3 Å². The molecule has 88 valence electrons. The van der Waals surface area contributed by atoms with Crippen LogP contribution in [-0.2, 0) is 0 Å². The van der Waals surface area contributed by atoms with Gasteiger partial charge in [-0.1, -0.05) is 15.9 Å². The van der Waals surface area contributed by atoms with Crippen LogP contribution >= 0.6 is 15.9 Å². The lowest BCUT2D eigenvalue weighted by molar-refractivity contribution is 0.0744. The average Bonchev–Trinajstić information content (AvgIpc) is 2.86. The number of likely N-dealkylation sites (tertiary alicyclic amines) is 1. The Balaban J connectivity index is 2.16. The van der Waals surface area contributed by atoms with Crippen LogP contribution < -0.4 is 0 Å². The molecule has 1 fully saturated rings. The molecule has 0 bridgehead atoms. The molecule has 0 aromatic carbocycles. The first-order valence-electron chi connectivity index (χ1n) is 5.49. The van der Waals surface area contributed by atoms with Gasteiger partial charge < -0.3 is 4.90 Å². The Hall–Kier alpha value is -1.41. The first kappa shape index (κ1) is 12.1. The summed E-state index contributed by atoms with van der Waals surface area (Å²) in [6.07, 6.45) is 3.51. The van der Waals surface area contributed by atoms with Crippen LogP contribution in [-0.4, -0.2) is 33.7 Å². The van der Waals surface area contributed by atoms with Crippen LogP contribution in [0.5, 0.6) is 0 Å². The number of carbonyl (C=O) groups is 1. The van der Waals surface area contributed by atoms with Crippen LogP contribution in [0.3, 0.4) is 0 Å². The van der Waals surface area contributed by atoms with E-state index in [0.717, 1.165) is 24.7 Å². The van der Waals surface area contributed by atoms with Crippen molar-refractivity contribution in [1.29, 1.82) is 5.26 Å². The fraction of sp³-hybridized carbons (Fsp3) is 0.417. The van der Waals surface area contributed by atoms with Gasteiger partial charge in [-0.3, -0.25) is 4.79 Å². The van der Waals surface area contributed by atoms with Crippen LogP contribution in [0.15, 0.2) is 18.3 Å². The van der Waals surface area contributed by atoms with E-state index in [1.54, 1.807) is 12.1 Å². The molecule has 1 unspecified atom stereocenters. The van der Waals surface area contributed by atoms with Crippen molar-refractivity contribution in [1.82, 2.24) is 9.88 Å². The molecule has 0 spiro atoms. The lowest BCUT2D eigenvalue weighted by atomic mass is 10.2. The van der Waals surface area contributed by atoms with Gasteiger partial charge in [-0.25, -0.2) is 4.98 Å². The second-order valence-corrected chi connectivity index (χ2v) is 4.64. The third-order valence-corrected chi connectivity index (χ3v) is 3.68. The van der Waals surface area contributed by atoms with Crippen molar-refractivity contribution in [3.05, 3.63) is 29.6 Å². The number of rotatable bonds is 2. The van der Waals surface area contributed by atoms with Crippen molar-refractivity contribution in [3.63, 3.8) is 0 Å². The van der Waals surface area contributed by atoms with E-state index in [1.807, 2.05) is 11.0 Å². The lowest BCUT2D eigenvalue weighted by Crippen LogP contribution is -2.36. The molecule has 1 amide bonds. The summed E-state index contributed by atoms with van der Waals surface area (Å²) in [5, 5.41) is 9.47. The number of pyridine rings is 1. The molecule has 0 N–H and O–H groups in total. The second kappa shape index (κ2) is 5.28. The van der Waals surface area contributed by atoms with Gasteiger partial charge in [-0.2, -0.15) is 5.26 Å². The predicted octanol–water partition coefficient (Wildman–Crippen LogP) is 1.95. The maximum Gasteiger partial charge on any atom is 0.272 e. The average molecular weight is 294 g/mol. The number of halogens is 1. The lowest BCUT2D eigenvalue weighted by Gasteiger charge is -2.22. The van der Waals surface area contributed by atoms with Crippen molar-refractivity contribution in [2.75, 3.05) is 11.9 Å². The summed E-state index contributed by atoms with van der Waals surface area (Å²) in [7, 11) is 0. The Bertz CT molecular complexity index is 452. The molecule has 1 aliphatic heterocycles. The van der Waals surface area contributed by atoms with E-state index in [2.05, 4.69) is 20.9 Å². The van der Waals surface area contributed by atoms with E-state index in [9.17, 15) is 4.79 Å². The molecule has 1 aromatic rings. The molecular weight excluding hydrogens is 282 g/mol. The van der Waals surface area contributed by atoms with Gasteiger partial charge in [0.05, 0.1) is 5.56 Å². The van der Waals surface area contributed by atoms with Gasteiger partial charge in [0, 0.05) is 24.1 Å². The number of hydrogen-bond acceptors (Lipinski definition) is 3. The minimum atomic E-state index is -0.0450.